The lowest BCUT2D eigenvalue weighted by molar-refractivity contribution is -0.146. The number of carbonyl (C=O) groups excluding carboxylic acids is 3. The number of piperidine rings is 1. The zero-order valence-electron chi connectivity index (χ0n) is 16.5. The van der Waals surface area contributed by atoms with E-state index in [1.54, 1.807) is 9.80 Å². The van der Waals surface area contributed by atoms with Crippen LogP contribution in [0.3, 0.4) is 0 Å². The molecule has 0 saturated carbocycles. The van der Waals surface area contributed by atoms with Gasteiger partial charge in [0, 0.05) is 38.3 Å². The molecule has 0 bridgehead atoms. The van der Waals surface area contributed by atoms with Crippen molar-refractivity contribution in [3.05, 3.63) is 30.3 Å². The highest BCUT2D eigenvalue weighted by Gasteiger charge is 2.43. The van der Waals surface area contributed by atoms with Crippen molar-refractivity contribution in [2.45, 2.75) is 45.1 Å². The van der Waals surface area contributed by atoms with Crippen LogP contribution in [0.5, 0.6) is 0 Å². The van der Waals surface area contributed by atoms with Gasteiger partial charge in [0.1, 0.15) is 6.04 Å². The number of carbonyl (C=O) groups is 3. The lowest BCUT2D eigenvalue weighted by Crippen LogP contribution is -2.51. The molecule has 0 N–H and O–H groups in total. The third-order valence-electron chi connectivity index (χ3n) is 6.46. The molecule has 3 aliphatic rings. The van der Waals surface area contributed by atoms with E-state index >= 15 is 0 Å². The van der Waals surface area contributed by atoms with Crippen molar-refractivity contribution in [1.82, 2.24) is 9.80 Å². The molecule has 1 aromatic carbocycles. The molecule has 4 rings (SSSR count). The van der Waals surface area contributed by atoms with Gasteiger partial charge in [-0.3, -0.25) is 14.4 Å². The van der Waals surface area contributed by atoms with E-state index in [1.165, 1.54) is 0 Å². The average molecular weight is 383 g/mol. The van der Waals surface area contributed by atoms with E-state index in [4.69, 9.17) is 0 Å². The molecular weight excluding hydrogens is 354 g/mol. The zero-order chi connectivity index (χ0) is 19.7. The number of amides is 3. The summed E-state index contributed by atoms with van der Waals surface area (Å²) in [5.41, 5.74) is 0.833. The van der Waals surface area contributed by atoms with Gasteiger partial charge in [-0.25, -0.2) is 0 Å². The molecule has 0 aliphatic carbocycles. The Morgan fingerprint density at radius 2 is 1.68 bits per heavy atom. The first-order valence-corrected chi connectivity index (χ1v) is 10.5. The monoisotopic (exact) mass is 383 g/mol. The Morgan fingerprint density at radius 1 is 0.964 bits per heavy atom. The third kappa shape index (κ3) is 3.64. The van der Waals surface area contributed by atoms with Crippen LogP contribution in [-0.4, -0.2) is 59.7 Å². The number of anilines is 1. The number of hydrogen-bond acceptors (Lipinski definition) is 3. The predicted molar refractivity (Wildman–Crippen MR) is 107 cm³/mol. The van der Waals surface area contributed by atoms with Crippen LogP contribution in [0.4, 0.5) is 5.69 Å². The maximum Gasteiger partial charge on any atom is 0.245 e. The quantitative estimate of drug-likeness (QED) is 0.805. The molecule has 3 saturated heterocycles. The molecule has 0 aromatic heterocycles. The molecule has 0 radical (unpaired) electrons. The molecule has 3 amide bonds. The molecule has 1 aromatic rings. The molecule has 150 valence electrons. The van der Waals surface area contributed by atoms with Crippen LogP contribution in [0.2, 0.25) is 0 Å². The van der Waals surface area contributed by atoms with Crippen molar-refractivity contribution in [2.24, 2.45) is 11.8 Å². The second-order valence-electron chi connectivity index (χ2n) is 8.44. The summed E-state index contributed by atoms with van der Waals surface area (Å²) in [7, 11) is 0. The van der Waals surface area contributed by atoms with Crippen molar-refractivity contribution in [2.75, 3.05) is 31.1 Å². The molecule has 3 heterocycles. The van der Waals surface area contributed by atoms with Crippen molar-refractivity contribution in [3.8, 4) is 0 Å². The first-order chi connectivity index (χ1) is 13.5. The summed E-state index contributed by atoms with van der Waals surface area (Å²) in [6.07, 6.45) is 3.90. The molecular formula is C22H29N3O3. The molecule has 28 heavy (non-hydrogen) atoms. The summed E-state index contributed by atoms with van der Waals surface area (Å²) in [6.45, 7) is 4.84. The maximum absolute atomic E-state index is 13.2. The summed E-state index contributed by atoms with van der Waals surface area (Å²) in [5.74, 6) is 0.355. The van der Waals surface area contributed by atoms with Crippen LogP contribution in [0.1, 0.15) is 39.0 Å². The molecule has 2 unspecified atom stereocenters. The van der Waals surface area contributed by atoms with Gasteiger partial charge >= 0.3 is 0 Å². The van der Waals surface area contributed by atoms with Crippen LogP contribution in [0.15, 0.2) is 30.3 Å². The van der Waals surface area contributed by atoms with Crippen LogP contribution in [-0.2, 0) is 14.4 Å². The second-order valence-corrected chi connectivity index (χ2v) is 8.44. The summed E-state index contributed by atoms with van der Waals surface area (Å²) in [6, 6.07) is 9.14. The number of benzene rings is 1. The second kappa shape index (κ2) is 7.94. The van der Waals surface area contributed by atoms with Gasteiger partial charge in [-0.05, 0) is 43.7 Å². The first-order valence-electron chi connectivity index (χ1n) is 10.5. The van der Waals surface area contributed by atoms with Crippen LogP contribution in [0.25, 0.3) is 0 Å². The fraction of sp³-hybridized carbons (Fsp3) is 0.591. The Balaban J connectivity index is 1.42. The number of likely N-dealkylation sites (tertiary alicyclic amines) is 2. The van der Waals surface area contributed by atoms with Crippen molar-refractivity contribution in [1.29, 1.82) is 0 Å². The summed E-state index contributed by atoms with van der Waals surface area (Å²) in [4.78, 5) is 44.1. The average Bonchev–Trinajstić information content (AvgIpc) is 3.35. The fourth-order valence-electron chi connectivity index (χ4n) is 4.69. The zero-order valence-corrected chi connectivity index (χ0v) is 16.5. The lowest BCUT2D eigenvalue weighted by atomic mass is 9.98. The number of para-hydroxylation sites is 1. The van der Waals surface area contributed by atoms with Gasteiger partial charge in [0.15, 0.2) is 0 Å². The number of hydrogen-bond donors (Lipinski definition) is 0. The van der Waals surface area contributed by atoms with Gasteiger partial charge in [-0.2, -0.15) is 0 Å². The first kappa shape index (κ1) is 19.0. The highest BCUT2D eigenvalue weighted by molar-refractivity contribution is 6.01. The Hall–Kier alpha value is -2.37. The molecule has 3 fully saturated rings. The van der Waals surface area contributed by atoms with Gasteiger partial charge in [0.05, 0.1) is 5.92 Å². The van der Waals surface area contributed by atoms with Gasteiger partial charge in [0.25, 0.3) is 0 Å². The van der Waals surface area contributed by atoms with E-state index in [-0.39, 0.29) is 36.1 Å². The van der Waals surface area contributed by atoms with E-state index in [1.807, 2.05) is 35.2 Å². The molecule has 6 nitrogen and oxygen atoms in total. The van der Waals surface area contributed by atoms with Crippen LogP contribution < -0.4 is 4.90 Å². The smallest absolute Gasteiger partial charge is 0.245 e. The van der Waals surface area contributed by atoms with Gasteiger partial charge < -0.3 is 14.7 Å². The topological polar surface area (TPSA) is 60.9 Å². The van der Waals surface area contributed by atoms with E-state index in [9.17, 15) is 14.4 Å². The summed E-state index contributed by atoms with van der Waals surface area (Å²) in [5, 5.41) is 0. The number of rotatable bonds is 3. The normalized spacial score (nSPS) is 26.2. The van der Waals surface area contributed by atoms with E-state index in [2.05, 4.69) is 6.92 Å². The number of nitrogens with zero attached hydrogens (tertiary/aromatic N) is 3. The molecule has 2 atom stereocenters. The van der Waals surface area contributed by atoms with Crippen molar-refractivity contribution >= 4 is 23.4 Å². The van der Waals surface area contributed by atoms with Crippen molar-refractivity contribution in [3.63, 3.8) is 0 Å². The van der Waals surface area contributed by atoms with E-state index < -0.39 is 0 Å². The minimum atomic E-state index is -0.359. The fourth-order valence-corrected chi connectivity index (χ4v) is 4.69. The summed E-state index contributed by atoms with van der Waals surface area (Å²) >= 11 is 0. The molecule has 0 spiro atoms. The lowest BCUT2D eigenvalue weighted by Gasteiger charge is -2.35. The minimum absolute atomic E-state index is 0.0170. The third-order valence-corrected chi connectivity index (χ3v) is 6.46. The Morgan fingerprint density at radius 3 is 2.39 bits per heavy atom. The Bertz CT molecular complexity index is 743. The summed E-state index contributed by atoms with van der Waals surface area (Å²) < 4.78 is 0. The minimum Gasteiger partial charge on any atom is -0.341 e. The molecule has 3 aliphatic heterocycles. The molecule has 6 heteroatoms. The standard InChI is InChI=1S/C22H29N3O3/c1-16-9-12-23(13-10-16)22(28)19-8-5-11-24(19)21(27)17-14-20(26)25(15-17)18-6-3-2-4-7-18/h2-4,6-7,16-17,19H,5,8-15H2,1H3. The Labute approximate surface area is 166 Å². The predicted octanol–water partition coefficient (Wildman–Crippen LogP) is 2.29. The van der Waals surface area contributed by atoms with Crippen LogP contribution in [0, 0.1) is 11.8 Å². The highest BCUT2D eigenvalue weighted by Crippen LogP contribution is 2.30. The Kier molecular flexibility index (Phi) is 5.38. The van der Waals surface area contributed by atoms with E-state index in [0.29, 0.717) is 19.0 Å². The highest BCUT2D eigenvalue weighted by atomic mass is 16.2. The van der Waals surface area contributed by atoms with Gasteiger partial charge in [0.2, 0.25) is 17.7 Å². The van der Waals surface area contributed by atoms with Crippen molar-refractivity contribution < 1.29 is 14.4 Å². The van der Waals surface area contributed by atoms with E-state index in [0.717, 1.165) is 44.5 Å². The van der Waals surface area contributed by atoms with Gasteiger partial charge in [-0.1, -0.05) is 25.1 Å². The SMILES string of the molecule is CC1CCN(C(=O)C2CCCN2C(=O)C2CC(=O)N(c3ccccc3)C2)CC1. The largest absolute Gasteiger partial charge is 0.341 e. The maximum atomic E-state index is 13.2. The van der Waals surface area contributed by atoms with Crippen LogP contribution >= 0.6 is 0 Å². The van der Waals surface area contributed by atoms with Gasteiger partial charge in [-0.15, -0.1) is 0 Å².